The van der Waals surface area contributed by atoms with Crippen LogP contribution in [0.4, 0.5) is 0 Å². The van der Waals surface area contributed by atoms with E-state index in [0.717, 1.165) is 38.5 Å². The average Bonchev–Trinajstić information content (AvgIpc) is 3.27. The smallest absolute Gasteiger partial charge is 0.303 e. The van der Waals surface area contributed by atoms with Crippen LogP contribution in [-0.4, -0.2) is 34.8 Å². The maximum absolute atomic E-state index is 12.2. The molecule has 2 bridgehead atoms. The molecule has 2 saturated carbocycles. The fourth-order valence-electron chi connectivity index (χ4n) is 8.26. The molecule has 5 nitrogen and oxygen atoms in total. The highest BCUT2D eigenvalue weighted by molar-refractivity contribution is 6.01. The first-order valence-corrected chi connectivity index (χ1v) is 13.5. The first kappa shape index (κ1) is 24.2. The van der Waals surface area contributed by atoms with Gasteiger partial charge >= 0.3 is 5.97 Å². The normalized spacial score (nSPS) is 45.4. The predicted molar refractivity (Wildman–Crippen MR) is 130 cm³/mol. The molecular formula is C29H42O5. The fourth-order valence-corrected chi connectivity index (χ4v) is 8.26. The molecule has 8 atom stereocenters. The van der Waals surface area contributed by atoms with Crippen LogP contribution in [0.15, 0.2) is 23.8 Å². The number of hydrogen-bond acceptors (Lipinski definition) is 5. The number of ether oxygens (including phenoxy) is 3. The van der Waals surface area contributed by atoms with Crippen LogP contribution in [0.1, 0.15) is 92.9 Å². The van der Waals surface area contributed by atoms with E-state index in [1.165, 1.54) is 25.3 Å². The number of esters is 1. The zero-order valence-electron chi connectivity index (χ0n) is 21.8. The van der Waals surface area contributed by atoms with Crippen LogP contribution in [0.25, 0.3) is 0 Å². The van der Waals surface area contributed by atoms with E-state index in [1.807, 2.05) is 6.08 Å². The molecule has 0 unspecified atom stereocenters. The Hall–Kier alpha value is -1.46. The predicted octanol–water partition coefficient (Wildman–Crippen LogP) is 5.92. The summed E-state index contributed by atoms with van der Waals surface area (Å²) >= 11 is 0. The monoisotopic (exact) mass is 470 g/mol. The van der Waals surface area contributed by atoms with Gasteiger partial charge in [0.1, 0.15) is 17.3 Å². The summed E-state index contributed by atoms with van der Waals surface area (Å²) in [6.07, 6.45) is 13.2. The number of carbonyl (C=O) groups excluding carboxylic acids is 2. The average molecular weight is 471 g/mol. The molecule has 3 aliphatic carbocycles. The van der Waals surface area contributed by atoms with Crippen molar-refractivity contribution >= 4 is 11.8 Å². The maximum atomic E-state index is 12.2. The van der Waals surface area contributed by atoms with Crippen LogP contribution in [0.3, 0.4) is 0 Å². The van der Waals surface area contributed by atoms with Gasteiger partial charge < -0.3 is 14.2 Å². The highest BCUT2D eigenvalue weighted by Crippen LogP contribution is 2.70. The number of carbonyl (C=O) groups is 2. The Labute approximate surface area is 204 Å². The topological polar surface area (TPSA) is 61.8 Å². The molecule has 0 N–H and O–H groups in total. The molecule has 2 saturated heterocycles. The summed E-state index contributed by atoms with van der Waals surface area (Å²) < 4.78 is 20.2. The molecule has 2 aliphatic heterocycles. The number of ketones is 1. The molecule has 4 fully saturated rings. The van der Waals surface area contributed by atoms with Crippen molar-refractivity contribution < 1.29 is 23.8 Å². The highest BCUT2D eigenvalue weighted by Gasteiger charge is 2.78. The summed E-state index contributed by atoms with van der Waals surface area (Å²) in [5, 5.41) is 0. The molecule has 1 spiro atoms. The van der Waals surface area contributed by atoms with Crippen molar-refractivity contribution in [2.24, 2.45) is 29.1 Å². The SMILES string of the molecule is CC(=O)O[C@H]1C[C@H]2[C@@H](CCC3=CC(=O)C=C[C@@]32C)[C@]23CC[C@]([C@H](C)CCCC(C)C)(O[C@@]12C)O3. The van der Waals surface area contributed by atoms with Crippen LogP contribution in [0.5, 0.6) is 0 Å². The Morgan fingerprint density at radius 1 is 1.15 bits per heavy atom. The molecule has 0 radical (unpaired) electrons. The first-order valence-electron chi connectivity index (χ1n) is 13.5. The summed E-state index contributed by atoms with van der Waals surface area (Å²) in [5.74, 6) is 0.730. The second-order valence-corrected chi connectivity index (χ2v) is 12.5. The lowest BCUT2D eigenvalue weighted by Crippen LogP contribution is -2.69. The summed E-state index contributed by atoms with van der Waals surface area (Å²) in [6, 6.07) is 0. The summed E-state index contributed by atoms with van der Waals surface area (Å²) in [4.78, 5) is 24.4. The van der Waals surface area contributed by atoms with Gasteiger partial charge in [-0.05, 0) is 68.9 Å². The van der Waals surface area contributed by atoms with Crippen molar-refractivity contribution in [3.8, 4) is 0 Å². The van der Waals surface area contributed by atoms with E-state index in [4.69, 9.17) is 14.2 Å². The third-order valence-corrected chi connectivity index (χ3v) is 10.2. The van der Waals surface area contributed by atoms with Crippen molar-refractivity contribution in [2.45, 2.75) is 116 Å². The molecule has 5 heteroatoms. The number of hydrogen-bond donors (Lipinski definition) is 0. The molecule has 188 valence electrons. The Kier molecular flexibility index (Phi) is 5.72. The van der Waals surface area contributed by atoms with Gasteiger partial charge in [0.2, 0.25) is 0 Å². The van der Waals surface area contributed by atoms with E-state index in [9.17, 15) is 9.59 Å². The van der Waals surface area contributed by atoms with Gasteiger partial charge in [0.25, 0.3) is 0 Å². The van der Waals surface area contributed by atoms with Crippen molar-refractivity contribution in [1.29, 1.82) is 0 Å². The maximum Gasteiger partial charge on any atom is 0.303 e. The van der Waals surface area contributed by atoms with E-state index in [-0.39, 0.29) is 35.1 Å². The molecular weight excluding hydrogens is 428 g/mol. The highest BCUT2D eigenvalue weighted by atomic mass is 16.8. The van der Waals surface area contributed by atoms with Gasteiger partial charge in [-0.2, -0.15) is 0 Å². The second-order valence-electron chi connectivity index (χ2n) is 12.5. The molecule has 0 aromatic rings. The minimum atomic E-state index is -0.657. The van der Waals surface area contributed by atoms with E-state index < -0.39 is 17.0 Å². The number of rotatable bonds is 6. The molecule has 34 heavy (non-hydrogen) atoms. The number of fused-ring (bicyclic) bond motifs is 4. The van der Waals surface area contributed by atoms with E-state index in [1.54, 1.807) is 6.08 Å². The number of allylic oxidation sites excluding steroid dienone is 4. The molecule has 5 aliphatic rings. The van der Waals surface area contributed by atoms with Crippen molar-refractivity contribution in [1.82, 2.24) is 0 Å². The lowest BCUT2D eigenvalue weighted by atomic mass is 9.47. The van der Waals surface area contributed by atoms with Gasteiger partial charge in [-0.15, -0.1) is 0 Å². The van der Waals surface area contributed by atoms with Gasteiger partial charge in [0, 0.05) is 24.7 Å². The largest absolute Gasteiger partial charge is 0.459 e. The standard InChI is InChI=1S/C29H42O5/c1-18(2)8-7-9-19(3)29-15-14-28(34-29)23-11-10-21-16-22(31)12-13-26(21,5)24(23)17-25(32-20(4)30)27(28,6)33-29/h12-13,16,18-19,23-25H,7-11,14-15,17H2,1-6H3/t19-,23-,24+,25+,26+,27+,28-,29+/m1/s1. The first-order chi connectivity index (χ1) is 16.0. The van der Waals surface area contributed by atoms with Gasteiger partial charge in [0.05, 0.1) is 0 Å². The minimum absolute atomic E-state index is 0.0804. The zero-order valence-corrected chi connectivity index (χ0v) is 21.8. The molecule has 5 rings (SSSR count). The van der Waals surface area contributed by atoms with Gasteiger partial charge in [0.15, 0.2) is 11.6 Å². The molecule has 2 heterocycles. The zero-order chi connectivity index (χ0) is 24.5. The van der Waals surface area contributed by atoms with Crippen LogP contribution >= 0.6 is 0 Å². The van der Waals surface area contributed by atoms with Crippen molar-refractivity contribution in [3.63, 3.8) is 0 Å². The lowest BCUT2D eigenvalue weighted by Gasteiger charge is -2.61. The van der Waals surface area contributed by atoms with Crippen molar-refractivity contribution in [2.75, 3.05) is 0 Å². The third kappa shape index (κ3) is 3.32. The molecule has 0 amide bonds. The fraction of sp³-hybridized carbons (Fsp3) is 0.793. The van der Waals surface area contributed by atoms with Gasteiger partial charge in [-0.25, -0.2) is 0 Å². The summed E-state index contributed by atoms with van der Waals surface area (Å²) in [7, 11) is 0. The van der Waals surface area contributed by atoms with Crippen LogP contribution < -0.4 is 0 Å². The molecule has 0 aromatic carbocycles. The van der Waals surface area contributed by atoms with E-state index in [0.29, 0.717) is 11.8 Å². The lowest BCUT2D eigenvalue weighted by molar-refractivity contribution is -0.244. The second kappa shape index (κ2) is 8.03. The molecule has 0 aromatic heterocycles. The van der Waals surface area contributed by atoms with E-state index >= 15 is 0 Å². The van der Waals surface area contributed by atoms with E-state index in [2.05, 4.69) is 40.7 Å². The summed E-state index contributed by atoms with van der Waals surface area (Å²) in [5.41, 5.74) is -0.124. The Morgan fingerprint density at radius 2 is 1.91 bits per heavy atom. The Morgan fingerprint density at radius 3 is 2.62 bits per heavy atom. The van der Waals surface area contributed by atoms with Crippen LogP contribution in [0, 0.1) is 29.1 Å². The third-order valence-electron chi connectivity index (χ3n) is 10.2. The minimum Gasteiger partial charge on any atom is -0.459 e. The Balaban J connectivity index is 1.51. The van der Waals surface area contributed by atoms with Crippen molar-refractivity contribution in [3.05, 3.63) is 23.8 Å². The van der Waals surface area contributed by atoms with Gasteiger partial charge in [-0.1, -0.05) is 52.2 Å². The van der Waals surface area contributed by atoms with Crippen LogP contribution in [-0.2, 0) is 23.8 Å². The van der Waals surface area contributed by atoms with Gasteiger partial charge in [-0.3, -0.25) is 9.59 Å². The summed E-state index contributed by atoms with van der Waals surface area (Å²) in [6.45, 7) is 12.7. The Bertz CT molecular complexity index is 935. The quantitative estimate of drug-likeness (QED) is 0.451. The van der Waals surface area contributed by atoms with Crippen LogP contribution in [0.2, 0.25) is 0 Å².